The molecule has 3 rings (SSSR count). The van der Waals surface area contributed by atoms with Gasteiger partial charge in [0.05, 0.1) is 18.4 Å². The quantitative estimate of drug-likeness (QED) is 0.217. The lowest BCUT2D eigenvalue weighted by Crippen LogP contribution is -2.36. The van der Waals surface area contributed by atoms with Crippen LogP contribution in [0.2, 0.25) is 0 Å². The summed E-state index contributed by atoms with van der Waals surface area (Å²) in [7, 11) is 0. The molecule has 3 heterocycles. The minimum Gasteiger partial charge on any atom is -0.356 e. The summed E-state index contributed by atoms with van der Waals surface area (Å²) in [5.74, 6) is 1.15. The van der Waals surface area contributed by atoms with Gasteiger partial charge in [-0.05, 0) is 25.7 Å². The first-order valence-corrected chi connectivity index (χ1v) is 12.4. The molecule has 0 saturated carbocycles. The molecule has 31 heavy (non-hydrogen) atoms. The van der Waals surface area contributed by atoms with Gasteiger partial charge in [0.1, 0.15) is 0 Å². The summed E-state index contributed by atoms with van der Waals surface area (Å²) >= 11 is 1.91. The number of amides is 4. The summed E-state index contributed by atoms with van der Waals surface area (Å²) in [6.45, 7) is 1.28. The van der Waals surface area contributed by atoms with Crippen molar-refractivity contribution in [3.8, 4) is 0 Å². The third-order valence-electron chi connectivity index (χ3n) is 5.75. The minimum atomic E-state index is -0.0504. The number of fused-ring (bicyclic) bond motifs is 1. The molecule has 1 aromatic heterocycles. The smallest absolute Gasteiger partial charge is 0.315 e. The zero-order valence-electron chi connectivity index (χ0n) is 18.0. The third-order valence-corrected chi connectivity index (χ3v) is 7.26. The van der Waals surface area contributed by atoms with Gasteiger partial charge in [-0.3, -0.25) is 9.59 Å². The van der Waals surface area contributed by atoms with E-state index in [1.54, 1.807) is 12.5 Å². The fraction of sp³-hybridized carbons (Fsp3) is 0.714. The van der Waals surface area contributed by atoms with Gasteiger partial charge in [-0.25, -0.2) is 9.78 Å². The second-order valence-electron chi connectivity index (χ2n) is 8.21. The molecule has 0 radical (unpaired) electrons. The van der Waals surface area contributed by atoms with Gasteiger partial charge in [0.15, 0.2) is 0 Å². The van der Waals surface area contributed by atoms with Crippen LogP contribution in [-0.4, -0.2) is 64.0 Å². The molecule has 2 aliphatic rings. The lowest BCUT2D eigenvalue weighted by Gasteiger charge is -2.16. The molecular formula is C21H34N6O3S. The number of hydrogen-bond acceptors (Lipinski definition) is 5. The topological polar surface area (TPSA) is 128 Å². The molecule has 1 aromatic rings. The number of hydrogen-bond donors (Lipinski definition) is 5. The number of aromatic amines is 1. The number of rotatable bonds is 14. The molecule has 3 unspecified atom stereocenters. The van der Waals surface area contributed by atoms with E-state index in [9.17, 15) is 14.4 Å². The Labute approximate surface area is 187 Å². The average molecular weight is 451 g/mol. The summed E-state index contributed by atoms with van der Waals surface area (Å²) in [5, 5.41) is 12.3. The summed E-state index contributed by atoms with van der Waals surface area (Å²) in [4.78, 5) is 42.1. The highest BCUT2D eigenvalue weighted by Crippen LogP contribution is 2.33. The average Bonchev–Trinajstić information content (AvgIpc) is 3.46. The Bertz CT molecular complexity index is 714. The highest BCUT2D eigenvalue weighted by molar-refractivity contribution is 8.00. The van der Waals surface area contributed by atoms with E-state index in [1.807, 2.05) is 11.8 Å². The highest BCUT2D eigenvalue weighted by atomic mass is 32.2. The van der Waals surface area contributed by atoms with E-state index in [1.165, 1.54) is 0 Å². The molecule has 172 valence electrons. The van der Waals surface area contributed by atoms with Crippen LogP contribution in [-0.2, 0) is 16.0 Å². The number of unbranched alkanes of at least 4 members (excludes halogenated alkanes) is 3. The van der Waals surface area contributed by atoms with Crippen LogP contribution >= 0.6 is 11.8 Å². The number of H-pyrrole nitrogens is 1. The Morgan fingerprint density at radius 2 is 1.81 bits per heavy atom. The first-order valence-electron chi connectivity index (χ1n) is 11.3. The second kappa shape index (κ2) is 12.6. The highest BCUT2D eigenvalue weighted by Gasteiger charge is 2.42. The van der Waals surface area contributed by atoms with Gasteiger partial charge in [0.25, 0.3) is 0 Å². The number of thioether (sulfide) groups is 1. The minimum absolute atomic E-state index is 0.0504. The Morgan fingerprint density at radius 1 is 1.03 bits per heavy atom. The van der Waals surface area contributed by atoms with E-state index in [2.05, 4.69) is 31.2 Å². The van der Waals surface area contributed by atoms with Crippen molar-refractivity contribution in [2.75, 3.05) is 18.8 Å². The standard InChI is InChI=1S/C21H34N6O3S/c28-18(8-4-3-6-17-20-16(13-31-17)26-21(30)27-20)23-10-5-1-2-7-19(29)24-11-9-15-12-22-14-25-15/h12,14,16-17,20H,1-11,13H2,(H,22,25)(H,23,28)(H,24,29)(H2,26,27,30). The first-order chi connectivity index (χ1) is 15.1. The van der Waals surface area contributed by atoms with Gasteiger partial charge in [0.2, 0.25) is 11.8 Å². The van der Waals surface area contributed by atoms with Gasteiger partial charge >= 0.3 is 6.03 Å². The van der Waals surface area contributed by atoms with Gasteiger partial charge in [-0.1, -0.05) is 12.8 Å². The maximum absolute atomic E-state index is 12.0. The Morgan fingerprint density at radius 3 is 2.58 bits per heavy atom. The second-order valence-corrected chi connectivity index (χ2v) is 9.48. The summed E-state index contributed by atoms with van der Waals surface area (Å²) in [5.41, 5.74) is 1.02. The number of carbonyl (C=O) groups is 3. The van der Waals surface area contributed by atoms with Crippen molar-refractivity contribution < 1.29 is 14.4 Å². The normalized spacial score (nSPS) is 21.9. The monoisotopic (exact) mass is 450 g/mol. The number of nitrogens with zero attached hydrogens (tertiary/aromatic N) is 1. The van der Waals surface area contributed by atoms with Crippen molar-refractivity contribution in [2.45, 2.75) is 75.1 Å². The molecule has 4 amide bonds. The predicted molar refractivity (Wildman–Crippen MR) is 121 cm³/mol. The van der Waals surface area contributed by atoms with E-state index >= 15 is 0 Å². The molecule has 10 heteroatoms. The van der Waals surface area contributed by atoms with Gasteiger partial charge in [0, 0.05) is 55.2 Å². The van der Waals surface area contributed by atoms with E-state index in [0.717, 1.165) is 56.4 Å². The maximum Gasteiger partial charge on any atom is 0.315 e. The van der Waals surface area contributed by atoms with Crippen LogP contribution in [0.25, 0.3) is 0 Å². The van der Waals surface area contributed by atoms with Gasteiger partial charge in [-0.2, -0.15) is 11.8 Å². The third kappa shape index (κ3) is 8.08. The van der Waals surface area contributed by atoms with Crippen molar-refractivity contribution in [3.63, 3.8) is 0 Å². The lowest BCUT2D eigenvalue weighted by atomic mass is 10.0. The van der Waals surface area contributed by atoms with Gasteiger partial charge in [-0.15, -0.1) is 0 Å². The van der Waals surface area contributed by atoms with Crippen LogP contribution in [0.3, 0.4) is 0 Å². The van der Waals surface area contributed by atoms with E-state index in [0.29, 0.717) is 31.2 Å². The Balaban J connectivity index is 1.11. The molecule has 0 spiro atoms. The summed E-state index contributed by atoms with van der Waals surface area (Å²) < 4.78 is 0. The van der Waals surface area contributed by atoms with Crippen LogP contribution in [0.1, 0.15) is 57.1 Å². The number of aromatic nitrogens is 2. The van der Waals surface area contributed by atoms with Crippen LogP contribution in [0, 0.1) is 0 Å². The molecule has 0 aliphatic carbocycles. The lowest BCUT2D eigenvalue weighted by molar-refractivity contribution is -0.122. The van der Waals surface area contributed by atoms with E-state index in [4.69, 9.17) is 0 Å². The van der Waals surface area contributed by atoms with Crippen molar-refractivity contribution in [1.29, 1.82) is 0 Å². The zero-order valence-corrected chi connectivity index (χ0v) is 18.8. The van der Waals surface area contributed by atoms with Crippen molar-refractivity contribution in [3.05, 3.63) is 18.2 Å². The van der Waals surface area contributed by atoms with E-state index in [-0.39, 0.29) is 29.9 Å². The molecule has 2 saturated heterocycles. The molecule has 0 aromatic carbocycles. The van der Waals surface area contributed by atoms with Crippen LogP contribution in [0.15, 0.2) is 12.5 Å². The molecule has 0 bridgehead atoms. The Kier molecular flexibility index (Phi) is 9.51. The number of nitrogens with one attached hydrogen (secondary N) is 5. The fourth-order valence-electron chi connectivity index (χ4n) is 4.02. The Hall–Kier alpha value is -2.23. The maximum atomic E-state index is 12.0. The van der Waals surface area contributed by atoms with E-state index < -0.39 is 0 Å². The summed E-state index contributed by atoms with van der Waals surface area (Å²) in [6, 6.07) is 0.453. The van der Waals surface area contributed by atoms with Crippen LogP contribution in [0.4, 0.5) is 4.79 Å². The number of carbonyl (C=O) groups excluding carboxylic acids is 3. The molecule has 9 nitrogen and oxygen atoms in total. The molecular weight excluding hydrogens is 416 g/mol. The summed E-state index contributed by atoms with van der Waals surface area (Å²) in [6.07, 6.45) is 10.8. The largest absolute Gasteiger partial charge is 0.356 e. The van der Waals surface area contributed by atoms with Crippen molar-refractivity contribution >= 4 is 29.6 Å². The fourth-order valence-corrected chi connectivity index (χ4v) is 5.57. The number of imidazole rings is 1. The molecule has 5 N–H and O–H groups in total. The van der Waals surface area contributed by atoms with Crippen molar-refractivity contribution in [2.24, 2.45) is 0 Å². The van der Waals surface area contributed by atoms with Crippen molar-refractivity contribution in [1.82, 2.24) is 31.2 Å². The predicted octanol–water partition coefficient (Wildman–Crippen LogP) is 1.47. The molecule has 2 fully saturated rings. The zero-order chi connectivity index (χ0) is 21.9. The molecule has 3 atom stereocenters. The SMILES string of the molecule is O=C(CCCCC1SCC2NC(=O)NC21)NCCCCCC(=O)NCCc1cnc[nH]1. The number of urea groups is 1. The molecule has 2 aliphatic heterocycles. The van der Waals surface area contributed by atoms with Gasteiger partial charge < -0.3 is 26.3 Å². The first kappa shape index (κ1) is 23.4. The van der Waals surface area contributed by atoms with Crippen LogP contribution in [0.5, 0.6) is 0 Å². The van der Waals surface area contributed by atoms with Crippen LogP contribution < -0.4 is 21.3 Å².